The van der Waals surface area contributed by atoms with Crippen LogP contribution in [-0.2, 0) is 47.0 Å². The van der Waals surface area contributed by atoms with E-state index in [0.29, 0.717) is 58.3 Å². The maximum atomic E-state index is 14.4. The van der Waals surface area contributed by atoms with E-state index in [4.69, 9.17) is 9.47 Å². The van der Waals surface area contributed by atoms with Gasteiger partial charge in [0, 0.05) is 38.5 Å². The highest BCUT2D eigenvalue weighted by Crippen LogP contribution is 2.46. The molecule has 5 atom stereocenters. The topological polar surface area (TPSA) is 184 Å². The van der Waals surface area contributed by atoms with E-state index >= 15 is 0 Å². The van der Waals surface area contributed by atoms with Crippen molar-refractivity contribution in [3.63, 3.8) is 0 Å². The second kappa shape index (κ2) is 15.7. The molecule has 53 heavy (non-hydrogen) atoms. The average Bonchev–Trinajstić information content (AvgIpc) is 3.38. The van der Waals surface area contributed by atoms with Gasteiger partial charge in [0.25, 0.3) is 5.91 Å². The first kappa shape index (κ1) is 37.1. The minimum Gasteiger partial charge on any atom is -0.446 e. The minimum absolute atomic E-state index is 0.0444. The third kappa shape index (κ3) is 8.32. The zero-order valence-electron chi connectivity index (χ0n) is 30.0. The lowest BCUT2D eigenvalue weighted by Crippen LogP contribution is -2.59. The molecule has 4 fully saturated rings. The van der Waals surface area contributed by atoms with Crippen molar-refractivity contribution < 1.29 is 41.9 Å². The normalized spacial score (nSPS) is 30.3. The molecular formula is C37H50N6O9S. The summed E-state index contributed by atoms with van der Waals surface area (Å²) in [6.45, 7) is 1.33. The Bertz CT molecular complexity index is 1730. The first-order valence-electron chi connectivity index (χ1n) is 19.1. The Balaban J connectivity index is 1.12. The quantitative estimate of drug-likeness (QED) is 0.368. The van der Waals surface area contributed by atoms with Gasteiger partial charge in [0.05, 0.1) is 6.54 Å². The molecule has 0 aromatic heterocycles. The van der Waals surface area contributed by atoms with E-state index in [2.05, 4.69) is 15.4 Å². The average molecular weight is 755 g/mol. The van der Waals surface area contributed by atoms with Gasteiger partial charge in [0.15, 0.2) is 0 Å². The van der Waals surface area contributed by atoms with Crippen molar-refractivity contribution in [3.8, 4) is 0 Å². The van der Waals surface area contributed by atoms with E-state index in [9.17, 15) is 32.4 Å². The fourth-order valence-electron chi connectivity index (χ4n) is 8.17. The predicted octanol–water partition coefficient (Wildman–Crippen LogP) is 2.65. The van der Waals surface area contributed by atoms with E-state index in [-0.39, 0.29) is 25.5 Å². The number of benzene rings is 1. The van der Waals surface area contributed by atoms with Gasteiger partial charge in [-0.05, 0) is 75.3 Å². The summed E-state index contributed by atoms with van der Waals surface area (Å²) in [5.74, 6) is -2.48. The van der Waals surface area contributed by atoms with Crippen molar-refractivity contribution in [1.29, 1.82) is 0 Å². The maximum absolute atomic E-state index is 14.4. The number of rotatable bonds is 6. The van der Waals surface area contributed by atoms with Crippen molar-refractivity contribution >= 4 is 40.1 Å². The van der Waals surface area contributed by atoms with Crippen LogP contribution < -0.4 is 15.4 Å². The molecule has 3 N–H and O–H groups in total. The van der Waals surface area contributed by atoms with Gasteiger partial charge >= 0.3 is 22.4 Å². The van der Waals surface area contributed by atoms with E-state index < -0.39 is 69.8 Å². The largest absolute Gasteiger partial charge is 0.446 e. The smallest absolute Gasteiger partial charge is 0.410 e. The van der Waals surface area contributed by atoms with Crippen molar-refractivity contribution in [2.45, 2.75) is 120 Å². The van der Waals surface area contributed by atoms with Crippen LogP contribution >= 0.6 is 0 Å². The molecule has 6 aliphatic rings. The van der Waals surface area contributed by atoms with Gasteiger partial charge in [0.2, 0.25) is 11.8 Å². The molecule has 0 unspecified atom stereocenters. The van der Waals surface area contributed by atoms with Crippen molar-refractivity contribution in [1.82, 2.24) is 29.5 Å². The second-order valence-corrected chi connectivity index (χ2v) is 16.9. The summed E-state index contributed by atoms with van der Waals surface area (Å²) in [6.07, 6.45) is 9.60. The number of nitrogens with zero attached hydrogens (tertiary/aromatic N) is 3. The molecule has 2 saturated heterocycles. The van der Waals surface area contributed by atoms with Gasteiger partial charge in [-0.3, -0.25) is 14.4 Å². The minimum atomic E-state index is -4.09. The predicted molar refractivity (Wildman–Crippen MR) is 191 cm³/mol. The number of amides is 5. The highest BCUT2D eigenvalue weighted by molar-refractivity contribution is 7.87. The summed E-state index contributed by atoms with van der Waals surface area (Å²) in [4.78, 5) is 71.9. The number of nitrogens with one attached hydrogen (secondary N) is 3. The van der Waals surface area contributed by atoms with E-state index in [1.54, 1.807) is 4.90 Å². The summed E-state index contributed by atoms with van der Waals surface area (Å²) in [7, 11) is -4.09. The fraction of sp³-hybridized carbons (Fsp3) is 0.649. The zero-order chi connectivity index (χ0) is 37.2. The van der Waals surface area contributed by atoms with Crippen LogP contribution in [0.5, 0.6) is 0 Å². The number of hydrogen-bond acceptors (Lipinski definition) is 9. The summed E-state index contributed by atoms with van der Waals surface area (Å²) in [5.41, 5.74) is 0.647. The Morgan fingerprint density at radius 1 is 0.887 bits per heavy atom. The van der Waals surface area contributed by atoms with Gasteiger partial charge in [0.1, 0.15) is 29.8 Å². The number of fused-ring (bicyclic) bond motifs is 3. The van der Waals surface area contributed by atoms with Crippen LogP contribution in [0.15, 0.2) is 36.4 Å². The molecule has 4 heterocycles. The van der Waals surface area contributed by atoms with Crippen molar-refractivity contribution in [3.05, 3.63) is 47.5 Å². The second-order valence-electron chi connectivity index (χ2n) is 15.2. The van der Waals surface area contributed by atoms with Gasteiger partial charge in [-0.1, -0.05) is 49.3 Å². The molecule has 0 radical (unpaired) electrons. The molecule has 0 bridgehead atoms. The van der Waals surface area contributed by atoms with E-state index in [1.807, 2.05) is 36.4 Å². The first-order valence-corrected chi connectivity index (χ1v) is 20.6. The van der Waals surface area contributed by atoms with Gasteiger partial charge in [-0.2, -0.15) is 12.7 Å². The molecule has 1 aromatic carbocycles. The van der Waals surface area contributed by atoms with E-state index in [0.717, 1.165) is 44.1 Å². The van der Waals surface area contributed by atoms with Crippen LogP contribution in [0.1, 0.15) is 88.2 Å². The lowest BCUT2D eigenvalue weighted by Gasteiger charge is -2.31. The molecule has 7 rings (SSSR count). The Labute approximate surface area is 310 Å². The molecule has 1 aromatic rings. The lowest BCUT2D eigenvalue weighted by atomic mass is 10.0. The third-order valence-electron chi connectivity index (χ3n) is 11.5. The van der Waals surface area contributed by atoms with Crippen LogP contribution in [0, 0.1) is 5.92 Å². The molecule has 288 valence electrons. The molecule has 2 saturated carbocycles. The highest BCUT2D eigenvalue weighted by Gasteiger charge is 2.62. The Morgan fingerprint density at radius 2 is 1.64 bits per heavy atom. The molecular weight excluding hydrogens is 705 g/mol. The first-order chi connectivity index (χ1) is 25.5. The Morgan fingerprint density at radius 3 is 2.40 bits per heavy atom. The number of ether oxygens (including phenoxy) is 2. The lowest BCUT2D eigenvalue weighted by molar-refractivity contribution is -0.141. The number of alkyl carbamates (subject to hydrolysis) is 1. The number of carbonyl (C=O) groups excluding carboxylic acids is 5. The molecule has 5 amide bonds. The molecule has 2 aliphatic carbocycles. The monoisotopic (exact) mass is 754 g/mol. The van der Waals surface area contributed by atoms with Gasteiger partial charge < -0.3 is 29.9 Å². The Hall–Kier alpha value is -4.18. The standard InChI is InChI=1S/C37H50N6O9S/c44-32-31-21-29(52-36(48)41-20-17-25-11-6-7-12-26(25)23-41)24-43(31)33(45)30(38-35(47)51-28-14-8-9-15-28)16-5-3-1-2-4-13-27-22-37(27,39-32)34(46)40-53(49,50)42-18-10-19-42/h4,6-7,11-13,27-31H,1-3,5,8-10,14-24H2,(H,38,47)(H,39,44)(H,40,46)/b13-4-/t27-,29+,30-,31-,37+/m0/s1. The van der Waals surface area contributed by atoms with Crippen molar-refractivity contribution in [2.75, 3.05) is 26.2 Å². The Kier molecular flexibility index (Phi) is 11.0. The number of allylic oxidation sites excluding steroid dienone is 1. The summed E-state index contributed by atoms with van der Waals surface area (Å²) >= 11 is 0. The van der Waals surface area contributed by atoms with Crippen LogP contribution in [0.2, 0.25) is 0 Å². The highest BCUT2D eigenvalue weighted by atomic mass is 32.2. The fourth-order valence-corrected chi connectivity index (χ4v) is 9.45. The SMILES string of the molecule is O=C(N[C@H]1CCCCC/C=C\[C@H]2C[C@@]2(C(=O)NS(=O)(=O)N2CCC2)NC(=O)[C@@H]2C[C@@H](OC(=O)N3CCc4ccccc4C3)CN2C1=O)OC1CCCC1. The summed E-state index contributed by atoms with van der Waals surface area (Å²) in [5, 5.41) is 5.61. The van der Waals surface area contributed by atoms with Crippen LogP contribution in [-0.4, -0.2) is 108 Å². The summed E-state index contributed by atoms with van der Waals surface area (Å²) < 4.78 is 40.8. The van der Waals surface area contributed by atoms with Crippen LogP contribution in [0.3, 0.4) is 0 Å². The number of hydrogen-bond donors (Lipinski definition) is 3. The van der Waals surface area contributed by atoms with E-state index in [1.165, 1.54) is 14.8 Å². The summed E-state index contributed by atoms with van der Waals surface area (Å²) in [6, 6.07) is 5.72. The number of carbonyl (C=O) groups is 5. The zero-order valence-corrected chi connectivity index (χ0v) is 30.8. The molecule has 4 aliphatic heterocycles. The van der Waals surface area contributed by atoms with Gasteiger partial charge in [-0.25, -0.2) is 14.3 Å². The molecule has 16 heteroatoms. The van der Waals surface area contributed by atoms with Crippen molar-refractivity contribution in [2.24, 2.45) is 5.92 Å². The van der Waals surface area contributed by atoms with Crippen LogP contribution in [0.25, 0.3) is 0 Å². The third-order valence-corrected chi connectivity index (χ3v) is 13.0. The van der Waals surface area contributed by atoms with Gasteiger partial charge in [-0.15, -0.1) is 0 Å². The molecule has 0 spiro atoms. The molecule has 15 nitrogen and oxygen atoms in total. The maximum Gasteiger partial charge on any atom is 0.410 e. The van der Waals surface area contributed by atoms with Crippen LogP contribution in [0.4, 0.5) is 9.59 Å².